The van der Waals surface area contributed by atoms with Gasteiger partial charge < -0.3 is 10.2 Å². The Kier molecular flexibility index (Phi) is 5.18. The van der Waals surface area contributed by atoms with Gasteiger partial charge in [0.15, 0.2) is 5.11 Å². The van der Waals surface area contributed by atoms with Crippen LogP contribution in [0.1, 0.15) is 31.2 Å². The third kappa shape index (κ3) is 3.96. The van der Waals surface area contributed by atoms with Crippen molar-refractivity contribution in [1.82, 2.24) is 15.1 Å². The van der Waals surface area contributed by atoms with Crippen LogP contribution >= 0.6 is 12.2 Å². The van der Waals surface area contributed by atoms with Crippen molar-refractivity contribution in [2.45, 2.75) is 38.3 Å². The number of piperazine rings is 1. The monoisotopic (exact) mass is 353 g/mol. The van der Waals surface area contributed by atoms with Crippen LogP contribution < -0.4 is 5.32 Å². The molecular weight excluding hydrogens is 326 g/mol. The minimum absolute atomic E-state index is 0.612. The summed E-state index contributed by atoms with van der Waals surface area (Å²) in [5, 5.41) is 7.26. The number of benzene rings is 2. The lowest BCUT2D eigenvalue weighted by molar-refractivity contribution is 0.174. The fourth-order valence-electron chi connectivity index (χ4n) is 4.12. The van der Waals surface area contributed by atoms with Crippen molar-refractivity contribution in [3.63, 3.8) is 0 Å². The van der Waals surface area contributed by atoms with E-state index in [9.17, 15) is 0 Å². The largest absolute Gasteiger partial charge is 0.360 e. The van der Waals surface area contributed by atoms with E-state index < -0.39 is 0 Å². The number of thiocarbonyl (C=S) groups is 1. The Morgan fingerprint density at radius 1 is 0.960 bits per heavy atom. The summed E-state index contributed by atoms with van der Waals surface area (Å²) in [4.78, 5) is 4.91. The van der Waals surface area contributed by atoms with Crippen molar-refractivity contribution in [2.24, 2.45) is 0 Å². The summed E-state index contributed by atoms with van der Waals surface area (Å²) >= 11 is 5.64. The fourth-order valence-corrected chi connectivity index (χ4v) is 4.47. The van der Waals surface area contributed by atoms with Gasteiger partial charge in [0.05, 0.1) is 0 Å². The topological polar surface area (TPSA) is 18.5 Å². The smallest absolute Gasteiger partial charge is 0.169 e. The Labute approximate surface area is 156 Å². The first-order valence-corrected chi connectivity index (χ1v) is 9.95. The molecule has 2 aromatic carbocycles. The normalized spacial score (nSPS) is 19.4. The van der Waals surface area contributed by atoms with Gasteiger partial charge in [-0.05, 0) is 41.4 Å². The Hall–Kier alpha value is -1.65. The quantitative estimate of drug-likeness (QED) is 0.846. The third-order valence-electron chi connectivity index (χ3n) is 5.62. The van der Waals surface area contributed by atoms with Crippen molar-refractivity contribution in [3.8, 4) is 0 Å². The Morgan fingerprint density at radius 2 is 1.68 bits per heavy atom. The molecule has 2 fully saturated rings. The molecule has 1 N–H and O–H groups in total. The molecule has 1 aliphatic carbocycles. The molecule has 0 amide bonds. The maximum atomic E-state index is 5.64. The molecule has 1 heterocycles. The SMILES string of the molecule is S=C(NC1CCCC1)N1CCN(Cc2cccc3ccccc23)CC1. The molecule has 0 unspecified atom stereocenters. The predicted octanol–water partition coefficient (Wildman–Crippen LogP) is 3.77. The van der Waals surface area contributed by atoms with Gasteiger partial charge in [-0.1, -0.05) is 55.3 Å². The lowest BCUT2D eigenvalue weighted by Gasteiger charge is -2.37. The molecule has 3 nitrogen and oxygen atoms in total. The summed E-state index contributed by atoms with van der Waals surface area (Å²) in [5.41, 5.74) is 1.43. The molecule has 2 aliphatic rings. The first-order chi connectivity index (χ1) is 12.3. The van der Waals surface area contributed by atoms with E-state index >= 15 is 0 Å². The van der Waals surface area contributed by atoms with Crippen LogP contribution in [0.25, 0.3) is 10.8 Å². The minimum Gasteiger partial charge on any atom is -0.360 e. The highest BCUT2D eigenvalue weighted by Crippen LogP contribution is 2.21. The molecular formula is C21H27N3S. The fraction of sp³-hybridized carbons (Fsp3) is 0.476. The van der Waals surface area contributed by atoms with Gasteiger partial charge in [-0.15, -0.1) is 0 Å². The molecule has 0 aromatic heterocycles. The second kappa shape index (κ2) is 7.71. The number of fused-ring (bicyclic) bond motifs is 1. The third-order valence-corrected chi connectivity index (χ3v) is 5.99. The molecule has 4 rings (SSSR count). The van der Waals surface area contributed by atoms with E-state index in [0.29, 0.717) is 6.04 Å². The van der Waals surface area contributed by atoms with Crippen LogP contribution in [0.4, 0.5) is 0 Å². The highest BCUT2D eigenvalue weighted by Gasteiger charge is 2.22. The Bertz CT molecular complexity index is 726. The van der Waals surface area contributed by atoms with E-state index in [0.717, 1.165) is 37.8 Å². The van der Waals surface area contributed by atoms with Crippen molar-refractivity contribution in [1.29, 1.82) is 0 Å². The number of nitrogens with one attached hydrogen (secondary N) is 1. The zero-order chi connectivity index (χ0) is 17.1. The van der Waals surface area contributed by atoms with Gasteiger partial charge in [0.1, 0.15) is 0 Å². The molecule has 1 saturated heterocycles. The predicted molar refractivity (Wildman–Crippen MR) is 109 cm³/mol. The first-order valence-electron chi connectivity index (χ1n) is 9.54. The van der Waals surface area contributed by atoms with Crippen molar-refractivity contribution >= 4 is 28.1 Å². The van der Waals surface area contributed by atoms with E-state index in [1.165, 1.54) is 42.0 Å². The van der Waals surface area contributed by atoms with E-state index in [-0.39, 0.29) is 0 Å². The van der Waals surface area contributed by atoms with Gasteiger partial charge in [-0.3, -0.25) is 4.90 Å². The summed E-state index contributed by atoms with van der Waals surface area (Å²) in [6.45, 7) is 5.25. The molecule has 25 heavy (non-hydrogen) atoms. The highest BCUT2D eigenvalue weighted by molar-refractivity contribution is 7.80. The highest BCUT2D eigenvalue weighted by atomic mass is 32.1. The van der Waals surface area contributed by atoms with Gasteiger partial charge >= 0.3 is 0 Å². The molecule has 2 aromatic rings. The van der Waals surface area contributed by atoms with Crippen molar-refractivity contribution in [3.05, 3.63) is 48.0 Å². The minimum atomic E-state index is 0.612. The lowest BCUT2D eigenvalue weighted by Crippen LogP contribution is -2.52. The second-order valence-electron chi connectivity index (χ2n) is 7.33. The first kappa shape index (κ1) is 16.8. The van der Waals surface area contributed by atoms with E-state index in [1.54, 1.807) is 0 Å². The standard InChI is InChI=1S/C21H27N3S/c25-21(22-19-9-2-3-10-19)24-14-12-23(13-15-24)16-18-8-5-7-17-6-1-4-11-20(17)18/h1,4-8,11,19H,2-3,9-10,12-16H2,(H,22,25). The average molecular weight is 354 g/mol. The van der Waals surface area contributed by atoms with E-state index in [1.807, 2.05) is 0 Å². The van der Waals surface area contributed by atoms with Gasteiger partial charge in [-0.2, -0.15) is 0 Å². The summed E-state index contributed by atoms with van der Waals surface area (Å²) < 4.78 is 0. The second-order valence-corrected chi connectivity index (χ2v) is 7.72. The summed E-state index contributed by atoms with van der Waals surface area (Å²) in [5.74, 6) is 0. The van der Waals surface area contributed by atoms with Crippen molar-refractivity contribution in [2.75, 3.05) is 26.2 Å². The lowest BCUT2D eigenvalue weighted by atomic mass is 10.0. The maximum Gasteiger partial charge on any atom is 0.169 e. The zero-order valence-electron chi connectivity index (χ0n) is 14.8. The van der Waals surface area contributed by atoms with Crippen LogP contribution in [0.5, 0.6) is 0 Å². The van der Waals surface area contributed by atoms with Crippen LogP contribution in [-0.2, 0) is 6.54 Å². The molecule has 4 heteroatoms. The van der Waals surface area contributed by atoms with Crippen LogP contribution in [0.15, 0.2) is 42.5 Å². The average Bonchev–Trinajstić information content (AvgIpc) is 3.16. The van der Waals surface area contributed by atoms with Gasteiger partial charge in [0, 0.05) is 38.8 Å². The van der Waals surface area contributed by atoms with Crippen LogP contribution in [-0.4, -0.2) is 47.1 Å². The number of hydrogen-bond acceptors (Lipinski definition) is 2. The Balaban J connectivity index is 1.33. The molecule has 0 spiro atoms. The van der Waals surface area contributed by atoms with Crippen molar-refractivity contribution < 1.29 is 0 Å². The van der Waals surface area contributed by atoms with Gasteiger partial charge in [0.2, 0.25) is 0 Å². The molecule has 1 saturated carbocycles. The van der Waals surface area contributed by atoms with Crippen LogP contribution in [0.2, 0.25) is 0 Å². The molecule has 0 atom stereocenters. The van der Waals surface area contributed by atoms with Gasteiger partial charge in [0.25, 0.3) is 0 Å². The Morgan fingerprint density at radius 3 is 2.48 bits per heavy atom. The van der Waals surface area contributed by atoms with Crippen LogP contribution in [0, 0.1) is 0 Å². The van der Waals surface area contributed by atoms with E-state index in [2.05, 4.69) is 57.6 Å². The summed E-state index contributed by atoms with van der Waals surface area (Å²) in [7, 11) is 0. The number of hydrogen-bond donors (Lipinski definition) is 1. The molecule has 1 aliphatic heterocycles. The molecule has 0 radical (unpaired) electrons. The number of nitrogens with zero attached hydrogens (tertiary/aromatic N) is 2. The zero-order valence-corrected chi connectivity index (χ0v) is 15.6. The van der Waals surface area contributed by atoms with E-state index in [4.69, 9.17) is 12.2 Å². The van der Waals surface area contributed by atoms with Gasteiger partial charge in [-0.25, -0.2) is 0 Å². The molecule has 132 valence electrons. The number of rotatable bonds is 3. The van der Waals surface area contributed by atoms with Crippen LogP contribution in [0.3, 0.4) is 0 Å². The maximum absolute atomic E-state index is 5.64. The summed E-state index contributed by atoms with van der Waals surface area (Å²) in [6.07, 6.45) is 5.25. The summed E-state index contributed by atoms with van der Waals surface area (Å²) in [6, 6.07) is 15.9. The molecule has 0 bridgehead atoms.